The zero-order valence-corrected chi connectivity index (χ0v) is 18.3. The van der Waals surface area contributed by atoms with E-state index in [9.17, 15) is 9.50 Å². The molecule has 2 atom stereocenters. The lowest BCUT2D eigenvalue weighted by Crippen LogP contribution is -2.31. The average molecular weight is 430 g/mol. The number of rotatable bonds is 5. The summed E-state index contributed by atoms with van der Waals surface area (Å²) in [4.78, 5) is 0. The molecule has 1 aliphatic carbocycles. The third-order valence-electron chi connectivity index (χ3n) is 6.53. The van der Waals surface area contributed by atoms with Crippen LogP contribution in [0.1, 0.15) is 49.8 Å². The smallest absolute Gasteiger partial charge is 0.129 e. The van der Waals surface area contributed by atoms with E-state index >= 15 is 0 Å². The Labute approximate surface area is 188 Å². The van der Waals surface area contributed by atoms with Crippen LogP contribution in [0, 0.1) is 5.82 Å². The standard InChI is InChI=1S/C28H28FNO2/c1-28(31)16-6-9-21(18-28)26-17-24-25(30(26)23-14-12-22(29)13-15-23)10-5-11-27(24)32-19-20-7-3-2-4-8-20/h2-5,7-8,10-15,17,21,31H,6,9,16,18-19H2,1H3. The number of hydrogen-bond donors (Lipinski definition) is 1. The normalized spacial score (nSPS) is 21.0. The summed E-state index contributed by atoms with van der Waals surface area (Å²) in [6.45, 7) is 2.42. The maximum atomic E-state index is 13.7. The van der Waals surface area contributed by atoms with Crippen LogP contribution in [0.15, 0.2) is 78.9 Å². The second kappa shape index (κ2) is 8.44. The van der Waals surface area contributed by atoms with Crippen molar-refractivity contribution in [1.29, 1.82) is 0 Å². The zero-order chi connectivity index (χ0) is 22.1. The van der Waals surface area contributed by atoms with Crippen molar-refractivity contribution < 1.29 is 14.2 Å². The van der Waals surface area contributed by atoms with Gasteiger partial charge >= 0.3 is 0 Å². The van der Waals surface area contributed by atoms with Crippen LogP contribution in [0.2, 0.25) is 0 Å². The van der Waals surface area contributed by atoms with E-state index in [0.717, 1.165) is 52.9 Å². The van der Waals surface area contributed by atoms with Crippen LogP contribution in [0.5, 0.6) is 5.75 Å². The van der Waals surface area contributed by atoms with Crippen LogP contribution < -0.4 is 4.74 Å². The molecule has 0 radical (unpaired) electrons. The van der Waals surface area contributed by atoms with Crippen molar-refractivity contribution in [3.05, 3.63) is 95.9 Å². The minimum atomic E-state index is -0.667. The average Bonchev–Trinajstić information content (AvgIpc) is 3.18. The summed E-state index contributed by atoms with van der Waals surface area (Å²) >= 11 is 0. The van der Waals surface area contributed by atoms with Crippen molar-refractivity contribution >= 4 is 10.9 Å². The van der Waals surface area contributed by atoms with Crippen molar-refractivity contribution in [2.75, 3.05) is 0 Å². The molecule has 3 aromatic carbocycles. The highest BCUT2D eigenvalue weighted by atomic mass is 19.1. The number of halogens is 1. The quantitative estimate of drug-likeness (QED) is 0.380. The highest BCUT2D eigenvalue weighted by Crippen LogP contribution is 2.42. The Morgan fingerprint density at radius 1 is 1.03 bits per heavy atom. The molecule has 164 valence electrons. The summed E-state index contributed by atoms with van der Waals surface area (Å²) in [6.07, 6.45) is 3.55. The lowest BCUT2D eigenvalue weighted by molar-refractivity contribution is 0.0138. The summed E-state index contributed by atoms with van der Waals surface area (Å²) < 4.78 is 22.1. The van der Waals surface area contributed by atoms with Crippen LogP contribution in [0.25, 0.3) is 16.6 Å². The molecule has 1 aromatic heterocycles. The lowest BCUT2D eigenvalue weighted by atomic mass is 9.78. The van der Waals surface area contributed by atoms with Gasteiger partial charge in [-0.2, -0.15) is 0 Å². The first-order chi connectivity index (χ1) is 15.5. The topological polar surface area (TPSA) is 34.4 Å². The van der Waals surface area contributed by atoms with Gasteiger partial charge in [-0.05, 0) is 80.6 Å². The lowest BCUT2D eigenvalue weighted by Gasteiger charge is -2.34. The maximum Gasteiger partial charge on any atom is 0.129 e. The fourth-order valence-electron chi connectivity index (χ4n) is 4.98. The summed E-state index contributed by atoms with van der Waals surface area (Å²) in [7, 11) is 0. The maximum absolute atomic E-state index is 13.7. The summed E-state index contributed by atoms with van der Waals surface area (Å²) in [5.74, 6) is 0.799. The Morgan fingerprint density at radius 3 is 2.56 bits per heavy atom. The molecule has 1 saturated carbocycles. The van der Waals surface area contributed by atoms with Crippen LogP contribution in [0.3, 0.4) is 0 Å². The van der Waals surface area contributed by atoms with Gasteiger partial charge in [0.25, 0.3) is 0 Å². The summed E-state index contributed by atoms with van der Waals surface area (Å²) in [5.41, 5.74) is 3.54. The third kappa shape index (κ3) is 4.15. The molecule has 1 aliphatic rings. The molecule has 3 nitrogen and oxygen atoms in total. The Hall–Kier alpha value is -3.11. The van der Waals surface area contributed by atoms with Gasteiger partial charge in [-0.3, -0.25) is 0 Å². The molecule has 1 heterocycles. The molecule has 0 bridgehead atoms. The molecule has 0 spiro atoms. The van der Waals surface area contributed by atoms with Crippen molar-refractivity contribution in [2.45, 2.75) is 50.7 Å². The summed E-state index contributed by atoms with van der Waals surface area (Å²) in [6, 6.07) is 25.0. The zero-order valence-electron chi connectivity index (χ0n) is 18.3. The Balaban J connectivity index is 1.60. The second-order valence-corrected chi connectivity index (χ2v) is 9.13. The second-order valence-electron chi connectivity index (χ2n) is 9.13. The van der Waals surface area contributed by atoms with E-state index in [0.29, 0.717) is 13.0 Å². The molecule has 0 saturated heterocycles. The molecule has 1 fully saturated rings. The molecular weight excluding hydrogens is 401 g/mol. The first-order valence-corrected chi connectivity index (χ1v) is 11.3. The number of nitrogens with zero attached hydrogens (tertiary/aromatic N) is 1. The van der Waals surface area contributed by atoms with Gasteiger partial charge in [-0.25, -0.2) is 4.39 Å². The van der Waals surface area contributed by atoms with E-state index in [1.54, 1.807) is 0 Å². The molecule has 2 unspecified atom stereocenters. The molecule has 5 rings (SSSR count). The SMILES string of the molecule is CC1(O)CCCC(c2cc3c(OCc4ccccc4)cccc3n2-c2ccc(F)cc2)C1. The predicted molar refractivity (Wildman–Crippen MR) is 126 cm³/mol. The van der Waals surface area contributed by atoms with Crippen LogP contribution in [-0.4, -0.2) is 15.3 Å². The van der Waals surface area contributed by atoms with Gasteiger partial charge in [-0.15, -0.1) is 0 Å². The highest BCUT2D eigenvalue weighted by Gasteiger charge is 2.33. The number of benzene rings is 3. The number of aliphatic hydroxyl groups is 1. The van der Waals surface area contributed by atoms with Crippen molar-refractivity contribution in [3.8, 4) is 11.4 Å². The third-order valence-corrected chi connectivity index (χ3v) is 6.53. The highest BCUT2D eigenvalue weighted by molar-refractivity contribution is 5.89. The van der Waals surface area contributed by atoms with Crippen LogP contribution >= 0.6 is 0 Å². The van der Waals surface area contributed by atoms with Crippen LogP contribution in [0.4, 0.5) is 4.39 Å². The fraction of sp³-hybridized carbons (Fsp3) is 0.286. The molecule has 32 heavy (non-hydrogen) atoms. The van der Waals surface area contributed by atoms with E-state index in [1.165, 1.54) is 12.1 Å². The Bertz CT molecular complexity index is 1210. The fourth-order valence-corrected chi connectivity index (χ4v) is 4.98. The minimum Gasteiger partial charge on any atom is -0.488 e. The Kier molecular flexibility index (Phi) is 5.48. The number of ether oxygens (including phenoxy) is 1. The van der Waals surface area contributed by atoms with E-state index in [-0.39, 0.29) is 11.7 Å². The van der Waals surface area contributed by atoms with Crippen molar-refractivity contribution in [3.63, 3.8) is 0 Å². The van der Waals surface area contributed by atoms with E-state index in [1.807, 2.05) is 49.4 Å². The van der Waals surface area contributed by atoms with Gasteiger partial charge in [0.15, 0.2) is 0 Å². The van der Waals surface area contributed by atoms with Gasteiger partial charge in [0, 0.05) is 22.7 Å². The molecular formula is C28H28FNO2. The number of fused-ring (bicyclic) bond motifs is 1. The molecule has 4 heteroatoms. The summed E-state index contributed by atoms with van der Waals surface area (Å²) in [5, 5.41) is 11.8. The van der Waals surface area contributed by atoms with Crippen molar-refractivity contribution in [1.82, 2.24) is 4.57 Å². The van der Waals surface area contributed by atoms with Crippen LogP contribution in [-0.2, 0) is 6.61 Å². The molecule has 4 aromatic rings. The van der Waals surface area contributed by atoms with E-state index in [2.05, 4.69) is 28.8 Å². The molecule has 1 N–H and O–H groups in total. The molecule has 0 aliphatic heterocycles. The Morgan fingerprint density at radius 2 is 1.81 bits per heavy atom. The van der Waals surface area contributed by atoms with Gasteiger partial charge in [0.1, 0.15) is 18.2 Å². The number of aromatic nitrogens is 1. The first-order valence-electron chi connectivity index (χ1n) is 11.3. The monoisotopic (exact) mass is 429 g/mol. The van der Waals surface area contributed by atoms with Gasteiger partial charge < -0.3 is 14.4 Å². The minimum absolute atomic E-state index is 0.221. The van der Waals surface area contributed by atoms with E-state index < -0.39 is 5.60 Å². The first kappa shape index (κ1) is 20.8. The molecule has 0 amide bonds. The van der Waals surface area contributed by atoms with Crippen molar-refractivity contribution in [2.24, 2.45) is 0 Å². The predicted octanol–water partition coefficient (Wildman–Crippen LogP) is 6.76. The van der Waals surface area contributed by atoms with E-state index in [4.69, 9.17) is 4.74 Å². The van der Waals surface area contributed by atoms with Gasteiger partial charge in [0.05, 0.1) is 11.1 Å². The van der Waals surface area contributed by atoms with Gasteiger partial charge in [0.2, 0.25) is 0 Å². The van der Waals surface area contributed by atoms with Gasteiger partial charge in [-0.1, -0.05) is 36.4 Å². The largest absolute Gasteiger partial charge is 0.488 e. The number of hydrogen-bond acceptors (Lipinski definition) is 2.